The van der Waals surface area contributed by atoms with Crippen LogP contribution in [-0.4, -0.2) is 49.3 Å². The zero-order chi connectivity index (χ0) is 14.5. The number of nitrogens with zero attached hydrogens (tertiary/aromatic N) is 2. The molecule has 0 spiro atoms. The van der Waals surface area contributed by atoms with E-state index in [1.165, 1.54) is 0 Å². The van der Waals surface area contributed by atoms with Gasteiger partial charge < -0.3 is 14.2 Å². The van der Waals surface area contributed by atoms with Gasteiger partial charge in [-0.05, 0) is 26.3 Å². The summed E-state index contributed by atoms with van der Waals surface area (Å²) in [6.45, 7) is 7.24. The van der Waals surface area contributed by atoms with Crippen LogP contribution < -0.4 is 5.32 Å². The summed E-state index contributed by atoms with van der Waals surface area (Å²) in [4.78, 5) is 14.5. The second-order valence-corrected chi connectivity index (χ2v) is 5.21. The van der Waals surface area contributed by atoms with E-state index in [1.54, 1.807) is 7.11 Å². The zero-order valence-corrected chi connectivity index (χ0v) is 12.4. The van der Waals surface area contributed by atoms with Crippen LogP contribution in [-0.2, 0) is 16.0 Å². The smallest absolute Gasteiger partial charge is 0.234 e. The molecule has 0 aliphatic carbocycles. The lowest BCUT2D eigenvalue weighted by Gasteiger charge is -2.14. The molecule has 1 unspecified atom stereocenters. The lowest BCUT2D eigenvalue weighted by molar-refractivity contribution is -0.119. The van der Waals surface area contributed by atoms with Crippen LogP contribution in [0.3, 0.4) is 0 Å². The normalized spacial score (nSPS) is 19.4. The largest absolute Gasteiger partial charge is 0.383 e. The van der Waals surface area contributed by atoms with Gasteiger partial charge >= 0.3 is 0 Å². The first kappa shape index (κ1) is 15.0. The van der Waals surface area contributed by atoms with E-state index in [0.717, 1.165) is 43.7 Å². The zero-order valence-electron chi connectivity index (χ0n) is 12.4. The maximum atomic E-state index is 12.2. The Labute approximate surface area is 119 Å². The standard InChI is InChI=1S/C14H23N3O3/c1-4-12-10(2)14(20-16-12)15-13(18)11-5-6-17(9-11)7-8-19-3/h11H,4-9H2,1-3H3,(H,15,18). The summed E-state index contributed by atoms with van der Waals surface area (Å²) in [5.74, 6) is 0.524. The van der Waals surface area contributed by atoms with Crippen molar-refractivity contribution in [1.82, 2.24) is 10.1 Å². The highest BCUT2D eigenvalue weighted by molar-refractivity contribution is 5.92. The fourth-order valence-electron chi connectivity index (χ4n) is 2.50. The third kappa shape index (κ3) is 3.37. The number of ether oxygens (including phenoxy) is 1. The fourth-order valence-corrected chi connectivity index (χ4v) is 2.50. The van der Waals surface area contributed by atoms with Gasteiger partial charge in [0.05, 0.1) is 18.2 Å². The number of methoxy groups -OCH3 is 1. The number of hydrogen-bond donors (Lipinski definition) is 1. The molecule has 1 N–H and O–H groups in total. The van der Waals surface area contributed by atoms with Crippen molar-refractivity contribution in [3.63, 3.8) is 0 Å². The monoisotopic (exact) mass is 281 g/mol. The van der Waals surface area contributed by atoms with Crippen molar-refractivity contribution >= 4 is 11.8 Å². The number of amides is 1. The molecule has 20 heavy (non-hydrogen) atoms. The Hall–Kier alpha value is -1.40. The van der Waals surface area contributed by atoms with Gasteiger partial charge in [0.15, 0.2) is 0 Å². The highest BCUT2D eigenvalue weighted by Gasteiger charge is 2.29. The Morgan fingerprint density at radius 2 is 2.40 bits per heavy atom. The minimum Gasteiger partial charge on any atom is -0.383 e. The van der Waals surface area contributed by atoms with E-state index >= 15 is 0 Å². The quantitative estimate of drug-likeness (QED) is 0.855. The van der Waals surface area contributed by atoms with Crippen LogP contribution in [0.1, 0.15) is 24.6 Å². The van der Waals surface area contributed by atoms with E-state index in [0.29, 0.717) is 12.5 Å². The summed E-state index contributed by atoms with van der Waals surface area (Å²) in [6, 6.07) is 0. The summed E-state index contributed by atoms with van der Waals surface area (Å²) in [5, 5.41) is 6.81. The van der Waals surface area contributed by atoms with E-state index in [2.05, 4.69) is 15.4 Å². The Morgan fingerprint density at radius 3 is 3.05 bits per heavy atom. The van der Waals surface area contributed by atoms with E-state index < -0.39 is 0 Å². The van der Waals surface area contributed by atoms with E-state index in [9.17, 15) is 4.79 Å². The van der Waals surface area contributed by atoms with Gasteiger partial charge in [-0.1, -0.05) is 12.1 Å². The molecule has 0 saturated carbocycles. The molecule has 1 aromatic heterocycles. The number of carbonyl (C=O) groups is 1. The minimum absolute atomic E-state index is 0.0152. The Bertz CT molecular complexity index is 459. The second kappa shape index (κ2) is 6.85. The molecule has 0 aromatic carbocycles. The summed E-state index contributed by atoms with van der Waals surface area (Å²) in [6.07, 6.45) is 1.68. The first-order chi connectivity index (χ1) is 9.65. The highest BCUT2D eigenvalue weighted by atomic mass is 16.5. The van der Waals surface area contributed by atoms with Crippen molar-refractivity contribution in [2.45, 2.75) is 26.7 Å². The van der Waals surface area contributed by atoms with Crippen molar-refractivity contribution in [2.24, 2.45) is 5.92 Å². The number of carbonyl (C=O) groups excluding carboxylic acids is 1. The van der Waals surface area contributed by atoms with Gasteiger partial charge in [-0.2, -0.15) is 0 Å². The average molecular weight is 281 g/mol. The van der Waals surface area contributed by atoms with Crippen LogP contribution in [0, 0.1) is 12.8 Å². The molecule has 6 heteroatoms. The third-order valence-electron chi connectivity index (χ3n) is 3.85. The van der Waals surface area contributed by atoms with Gasteiger partial charge in [0.25, 0.3) is 0 Å². The lowest BCUT2D eigenvalue weighted by atomic mass is 10.1. The molecule has 1 aliphatic rings. The number of anilines is 1. The molecular weight excluding hydrogens is 258 g/mol. The molecule has 1 amide bonds. The van der Waals surface area contributed by atoms with Crippen LogP contribution in [0.2, 0.25) is 0 Å². The molecule has 1 saturated heterocycles. The number of likely N-dealkylation sites (tertiary alicyclic amines) is 1. The lowest BCUT2D eigenvalue weighted by Crippen LogP contribution is -2.29. The number of nitrogens with one attached hydrogen (secondary N) is 1. The Balaban J connectivity index is 1.87. The van der Waals surface area contributed by atoms with Crippen LogP contribution in [0.4, 0.5) is 5.88 Å². The molecule has 112 valence electrons. The Morgan fingerprint density at radius 1 is 1.60 bits per heavy atom. The third-order valence-corrected chi connectivity index (χ3v) is 3.85. The number of rotatable bonds is 6. The van der Waals surface area contributed by atoms with Gasteiger partial charge in [-0.3, -0.25) is 10.1 Å². The van der Waals surface area contributed by atoms with Crippen molar-refractivity contribution in [2.75, 3.05) is 38.7 Å². The SMILES string of the molecule is CCc1noc(NC(=O)C2CCN(CCOC)C2)c1C. The molecule has 1 aliphatic heterocycles. The fraction of sp³-hybridized carbons (Fsp3) is 0.714. The topological polar surface area (TPSA) is 67.6 Å². The van der Waals surface area contributed by atoms with Crippen LogP contribution in [0.5, 0.6) is 0 Å². The first-order valence-electron chi connectivity index (χ1n) is 7.13. The summed E-state index contributed by atoms with van der Waals surface area (Å²) >= 11 is 0. The van der Waals surface area contributed by atoms with Crippen LogP contribution >= 0.6 is 0 Å². The molecular formula is C14H23N3O3. The molecule has 0 bridgehead atoms. The number of hydrogen-bond acceptors (Lipinski definition) is 5. The molecule has 6 nitrogen and oxygen atoms in total. The number of aromatic nitrogens is 1. The second-order valence-electron chi connectivity index (χ2n) is 5.21. The van der Waals surface area contributed by atoms with Gasteiger partial charge in [0, 0.05) is 25.8 Å². The molecule has 0 radical (unpaired) electrons. The van der Waals surface area contributed by atoms with Gasteiger partial charge in [-0.15, -0.1) is 0 Å². The maximum Gasteiger partial charge on any atom is 0.234 e. The van der Waals surface area contributed by atoms with E-state index in [-0.39, 0.29) is 11.8 Å². The van der Waals surface area contributed by atoms with E-state index in [4.69, 9.17) is 9.26 Å². The predicted molar refractivity (Wildman–Crippen MR) is 75.7 cm³/mol. The van der Waals surface area contributed by atoms with Crippen LogP contribution in [0.25, 0.3) is 0 Å². The maximum absolute atomic E-state index is 12.2. The van der Waals surface area contributed by atoms with Crippen molar-refractivity contribution in [3.8, 4) is 0 Å². The molecule has 1 atom stereocenters. The van der Waals surface area contributed by atoms with Gasteiger partial charge in [0.2, 0.25) is 11.8 Å². The summed E-state index contributed by atoms with van der Waals surface area (Å²) in [7, 11) is 1.69. The van der Waals surface area contributed by atoms with Crippen molar-refractivity contribution < 1.29 is 14.1 Å². The highest BCUT2D eigenvalue weighted by Crippen LogP contribution is 2.22. The molecule has 2 rings (SSSR count). The minimum atomic E-state index is 0.0152. The molecule has 2 heterocycles. The predicted octanol–water partition coefficient (Wildman–Crippen LogP) is 1.45. The van der Waals surface area contributed by atoms with Gasteiger partial charge in [-0.25, -0.2) is 0 Å². The summed E-state index contributed by atoms with van der Waals surface area (Å²) < 4.78 is 10.3. The average Bonchev–Trinajstić information content (AvgIpc) is 3.04. The molecule has 1 fully saturated rings. The van der Waals surface area contributed by atoms with Crippen LogP contribution in [0.15, 0.2) is 4.52 Å². The number of aryl methyl sites for hydroxylation is 1. The first-order valence-corrected chi connectivity index (χ1v) is 7.13. The summed E-state index contributed by atoms with van der Waals surface area (Å²) in [5.41, 5.74) is 1.82. The van der Waals surface area contributed by atoms with E-state index in [1.807, 2.05) is 13.8 Å². The molecule has 1 aromatic rings. The van der Waals surface area contributed by atoms with Crippen molar-refractivity contribution in [3.05, 3.63) is 11.3 Å². The van der Waals surface area contributed by atoms with Gasteiger partial charge in [0.1, 0.15) is 0 Å². The van der Waals surface area contributed by atoms with Crippen molar-refractivity contribution in [1.29, 1.82) is 0 Å². The Kier molecular flexibility index (Phi) is 5.14.